The Morgan fingerprint density at radius 3 is 2.37 bits per heavy atom. The van der Waals surface area contributed by atoms with Gasteiger partial charge in [-0.25, -0.2) is 18.7 Å². The number of aromatic nitrogens is 5. The molecule has 0 spiro atoms. The Kier molecular flexibility index (Phi) is 6.52. The summed E-state index contributed by atoms with van der Waals surface area (Å²) in [5.74, 6) is -0.704. The van der Waals surface area contributed by atoms with Crippen LogP contribution >= 0.6 is 0 Å². The standard InChI is InChI=1S/C27H30F2N6O3/c1-26(2,36)27(3,37)23-12-20-21(14-30-23)32-24(16-13-31-34(4)15-16)25(33-20)35-9-7-18(8-10-35)38-22-6-5-17(28)11-19(22)29/h5-6,11-15,18,36-37H,7-10H2,1-4H3. The molecule has 1 atom stereocenters. The van der Waals surface area contributed by atoms with Crippen LogP contribution in [0.5, 0.6) is 5.75 Å². The Morgan fingerprint density at radius 1 is 1.00 bits per heavy atom. The topological polar surface area (TPSA) is 109 Å². The molecule has 1 saturated heterocycles. The van der Waals surface area contributed by atoms with E-state index in [-0.39, 0.29) is 17.5 Å². The molecule has 3 aromatic heterocycles. The fraction of sp³-hybridized carbons (Fsp3) is 0.407. The zero-order chi connectivity index (χ0) is 27.2. The third-order valence-corrected chi connectivity index (χ3v) is 7.13. The number of hydrogen-bond donors (Lipinski definition) is 2. The fourth-order valence-electron chi connectivity index (χ4n) is 4.42. The predicted molar refractivity (Wildman–Crippen MR) is 138 cm³/mol. The van der Waals surface area contributed by atoms with Crippen molar-refractivity contribution in [3.8, 4) is 17.0 Å². The third kappa shape index (κ3) is 4.91. The van der Waals surface area contributed by atoms with Crippen molar-refractivity contribution in [2.45, 2.75) is 50.9 Å². The Labute approximate surface area is 218 Å². The highest BCUT2D eigenvalue weighted by Crippen LogP contribution is 2.35. The lowest BCUT2D eigenvalue weighted by molar-refractivity contribution is -0.127. The van der Waals surface area contributed by atoms with Gasteiger partial charge in [0.2, 0.25) is 0 Å². The van der Waals surface area contributed by atoms with Crippen molar-refractivity contribution < 1.29 is 23.7 Å². The van der Waals surface area contributed by atoms with E-state index >= 15 is 0 Å². The molecule has 200 valence electrons. The second-order valence-corrected chi connectivity index (χ2v) is 10.4. The highest BCUT2D eigenvalue weighted by molar-refractivity contribution is 5.83. The predicted octanol–water partition coefficient (Wildman–Crippen LogP) is 3.73. The van der Waals surface area contributed by atoms with E-state index in [2.05, 4.69) is 15.0 Å². The third-order valence-electron chi connectivity index (χ3n) is 7.13. The van der Waals surface area contributed by atoms with Gasteiger partial charge in [-0.3, -0.25) is 9.67 Å². The number of benzene rings is 1. The Hall–Kier alpha value is -3.70. The number of hydrogen-bond acceptors (Lipinski definition) is 8. The summed E-state index contributed by atoms with van der Waals surface area (Å²) in [6, 6.07) is 4.94. The number of anilines is 1. The van der Waals surface area contributed by atoms with Gasteiger partial charge in [-0.05, 0) is 39.0 Å². The summed E-state index contributed by atoms with van der Waals surface area (Å²) in [6.45, 7) is 5.69. The van der Waals surface area contributed by atoms with Crippen LogP contribution in [0.2, 0.25) is 0 Å². The molecule has 0 saturated carbocycles. The SMILES string of the molecule is Cn1cc(-c2nc3cnc(C(C)(O)C(C)(C)O)cc3nc2N2CCC(Oc3ccc(F)cc3F)CC2)cn1. The lowest BCUT2D eigenvalue weighted by atomic mass is 9.84. The van der Waals surface area contributed by atoms with Crippen LogP contribution < -0.4 is 9.64 Å². The quantitative estimate of drug-likeness (QED) is 0.393. The first-order chi connectivity index (χ1) is 17.9. The highest BCUT2D eigenvalue weighted by atomic mass is 19.1. The van der Waals surface area contributed by atoms with E-state index in [1.165, 1.54) is 32.9 Å². The number of halogens is 2. The molecule has 0 radical (unpaired) electrons. The second-order valence-electron chi connectivity index (χ2n) is 10.4. The molecule has 0 amide bonds. The van der Waals surface area contributed by atoms with Crippen molar-refractivity contribution in [3.05, 3.63) is 60.2 Å². The number of nitrogens with zero attached hydrogens (tertiary/aromatic N) is 6. The van der Waals surface area contributed by atoms with Gasteiger partial charge in [0.15, 0.2) is 17.4 Å². The van der Waals surface area contributed by atoms with Gasteiger partial charge in [0.1, 0.15) is 28.7 Å². The summed E-state index contributed by atoms with van der Waals surface area (Å²) in [6.07, 6.45) is 6.06. The molecule has 1 aliphatic heterocycles. The molecule has 1 fully saturated rings. The van der Waals surface area contributed by atoms with Crippen LogP contribution in [0.15, 0.2) is 42.9 Å². The maximum absolute atomic E-state index is 14.1. The van der Waals surface area contributed by atoms with Crippen LogP contribution in [0.4, 0.5) is 14.6 Å². The fourth-order valence-corrected chi connectivity index (χ4v) is 4.42. The van der Waals surface area contributed by atoms with Crippen LogP contribution in [-0.2, 0) is 12.6 Å². The molecule has 2 N–H and O–H groups in total. The van der Waals surface area contributed by atoms with Gasteiger partial charge in [-0.15, -0.1) is 0 Å². The average Bonchev–Trinajstić information content (AvgIpc) is 3.30. The van der Waals surface area contributed by atoms with Gasteiger partial charge in [0.05, 0.1) is 29.2 Å². The molecule has 4 heterocycles. The molecular weight excluding hydrogens is 494 g/mol. The lowest BCUT2D eigenvalue weighted by Gasteiger charge is -2.35. The first-order valence-corrected chi connectivity index (χ1v) is 12.4. The normalized spacial score (nSPS) is 16.6. The minimum Gasteiger partial charge on any atom is -0.487 e. The van der Waals surface area contributed by atoms with E-state index in [1.807, 2.05) is 13.2 Å². The molecule has 1 unspecified atom stereocenters. The lowest BCUT2D eigenvalue weighted by Crippen LogP contribution is -2.45. The van der Waals surface area contributed by atoms with Crippen molar-refractivity contribution in [3.63, 3.8) is 0 Å². The van der Waals surface area contributed by atoms with E-state index in [9.17, 15) is 19.0 Å². The van der Waals surface area contributed by atoms with Gasteiger partial charge in [-0.1, -0.05) is 0 Å². The largest absolute Gasteiger partial charge is 0.487 e. The van der Waals surface area contributed by atoms with Crippen LogP contribution in [0, 0.1) is 11.6 Å². The number of ether oxygens (including phenoxy) is 1. The van der Waals surface area contributed by atoms with E-state index in [1.54, 1.807) is 23.1 Å². The van der Waals surface area contributed by atoms with Crippen LogP contribution in [0.25, 0.3) is 22.3 Å². The molecular formula is C27H30F2N6O3. The van der Waals surface area contributed by atoms with Crippen molar-refractivity contribution in [1.29, 1.82) is 0 Å². The maximum Gasteiger partial charge on any atom is 0.167 e. The molecule has 4 aromatic rings. The Morgan fingerprint density at radius 2 is 1.74 bits per heavy atom. The number of aliphatic hydroxyl groups is 2. The first-order valence-electron chi connectivity index (χ1n) is 12.4. The van der Waals surface area contributed by atoms with Crippen molar-refractivity contribution in [2.75, 3.05) is 18.0 Å². The Balaban J connectivity index is 1.47. The summed E-state index contributed by atoms with van der Waals surface area (Å²) in [4.78, 5) is 16.2. The first kappa shape index (κ1) is 25.9. The van der Waals surface area contributed by atoms with Crippen molar-refractivity contribution >= 4 is 16.9 Å². The number of aryl methyl sites for hydroxylation is 1. The van der Waals surface area contributed by atoms with Gasteiger partial charge in [-0.2, -0.15) is 5.10 Å². The minimum absolute atomic E-state index is 0.0327. The summed E-state index contributed by atoms with van der Waals surface area (Å²) in [7, 11) is 1.82. The van der Waals surface area contributed by atoms with Gasteiger partial charge < -0.3 is 19.8 Å². The van der Waals surface area contributed by atoms with Crippen LogP contribution in [-0.4, -0.2) is 59.7 Å². The number of pyridine rings is 1. The number of piperidine rings is 1. The molecule has 1 aromatic carbocycles. The smallest absolute Gasteiger partial charge is 0.167 e. The molecule has 9 nitrogen and oxygen atoms in total. The molecule has 0 aliphatic carbocycles. The van der Waals surface area contributed by atoms with E-state index < -0.39 is 22.8 Å². The molecule has 0 bridgehead atoms. The van der Waals surface area contributed by atoms with Gasteiger partial charge >= 0.3 is 0 Å². The van der Waals surface area contributed by atoms with Crippen molar-refractivity contribution in [2.24, 2.45) is 7.05 Å². The summed E-state index contributed by atoms with van der Waals surface area (Å²) < 4.78 is 34.8. The number of rotatable bonds is 6. The summed E-state index contributed by atoms with van der Waals surface area (Å²) >= 11 is 0. The zero-order valence-corrected chi connectivity index (χ0v) is 21.7. The molecule has 5 rings (SSSR count). The van der Waals surface area contributed by atoms with Gasteiger partial charge in [0.25, 0.3) is 0 Å². The zero-order valence-electron chi connectivity index (χ0n) is 21.7. The Bertz CT molecular complexity index is 1480. The summed E-state index contributed by atoms with van der Waals surface area (Å²) in [5, 5.41) is 25.7. The molecule has 38 heavy (non-hydrogen) atoms. The highest BCUT2D eigenvalue weighted by Gasteiger charge is 2.41. The second kappa shape index (κ2) is 9.55. The average molecular weight is 525 g/mol. The monoisotopic (exact) mass is 524 g/mol. The van der Waals surface area contributed by atoms with E-state index in [4.69, 9.17) is 14.7 Å². The number of fused-ring (bicyclic) bond motifs is 1. The molecule has 1 aliphatic rings. The van der Waals surface area contributed by atoms with Crippen LogP contribution in [0.1, 0.15) is 39.3 Å². The van der Waals surface area contributed by atoms with Crippen molar-refractivity contribution in [1.82, 2.24) is 24.7 Å². The van der Waals surface area contributed by atoms with E-state index in [0.717, 1.165) is 11.6 Å². The minimum atomic E-state index is -1.61. The van der Waals surface area contributed by atoms with Gasteiger partial charge in [0, 0.05) is 50.8 Å². The summed E-state index contributed by atoms with van der Waals surface area (Å²) in [5.41, 5.74) is -0.293. The molecule has 11 heteroatoms. The van der Waals surface area contributed by atoms with E-state index in [0.29, 0.717) is 48.5 Å². The maximum atomic E-state index is 14.1. The van der Waals surface area contributed by atoms with Crippen LogP contribution in [0.3, 0.4) is 0 Å².